The van der Waals surface area contributed by atoms with Gasteiger partial charge in [-0.05, 0) is 43.2 Å². The minimum absolute atomic E-state index is 0.0324. The van der Waals surface area contributed by atoms with Crippen LogP contribution in [0, 0.1) is 0 Å². The molecule has 7 nitrogen and oxygen atoms in total. The van der Waals surface area contributed by atoms with Crippen molar-refractivity contribution < 1.29 is 23.9 Å². The zero-order valence-electron chi connectivity index (χ0n) is 17.4. The van der Waals surface area contributed by atoms with Crippen LogP contribution in [-0.2, 0) is 20.9 Å². The number of Topliss-reactive ketones (excluding diaryl/α,β-unsaturated/α-hetero) is 2. The van der Waals surface area contributed by atoms with E-state index in [0.29, 0.717) is 42.2 Å². The van der Waals surface area contributed by atoms with Crippen molar-refractivity contribution in [1.29, 1.82) is 0 Å². The van der Waals surface area contributed by atoms with Crippen molar-refractivity contribution >= 4 is 23.5 Å². The Balaban J connectivity index is 2.11. The smallest absolute Gasteiger partial charge is 0.216 e. The fourth-order valence-corrected chi connectivity index (χ4v) is 4.09. The number of hydrogen-bond donors (Lipinski definition) is 1. The van der Waals surface area contributed by atoms with Crippen LogP contribution >= 0.6 is 0 Å². The molecule has 3 rings (SSSR count). The Morgan fingerprint density at radius 3 is 2.67 bits per heavy atom. The summed E-state index contributed by atoms with van der Waals surface area (Å²) in [7, 11) is 1.56. The van der Waals surface area contributed by atoms with Crippen LogP contribution in [0.2, 0.25) is 0 Å². The molecule has 7 heteroatoms. The zero-order chi connectivity index (χ0) is 21.8. The number of rotatable bonds is 9. The SMILES string of the molecule is CCOc1cc(C(CC(C)=O)N2Cc3cccc(N)c3C2C(=O)C=O)ccc1OC. The number of benzene rings is 2. The molecule has 0 fully saturated rings. The minimum Gasteiger partial charge on any atom is -0.493 e. The van der Waals surface area contributed by atoms with Crippen LogP contribution in [0.3, 0.4) is 0 Å². The molecule has 1 heterocycles. The van der Waals surface area contributed by atoms with Gasteiger partial charge in [-0.2, -0.15) is 0 Å². The molecule has 2 N–H and O–H groups in total. The van der Waals surface area contributed by atoms with Gasteiger partial charge in [-0.3, -0.25) is 19.3 Å². The van der Waals surface area contributed by atoms with Crippen molar-refractivity contribution in [2.24, 2.45) is 0 Å². The van der Waals surface area contributed by atoms with E-state index in [1.807, 2.05) is 36.1 Å². The van der Waals surface area contributed by atoms with Crippen LogP contribution in [-0.4, -0.2) is 36.5 Å². The number of nitrogen functional groups attached to an aromatic ring is 1. The maximum absolute atomic E-state index is 12.6. The average Bonchev–Trinajstić information content (AvgIpc) is 3.12. The van der Waals surface area contributed by atoms with E-state index >= 15 is 0 Å². The lowest BCUT2D eigenvalue weighted by Gasteiger charge is -2.32. The first kappa shape index (κ1) is 21.5. The Morgan fingerprint density at radius 2 is 2.03 bits per heavy atom. The maximum Gasteiger partial charge on any atom is 0.216 e. The second-order valence-electron chi connectivity index (χ2n) is 7.28. The number of fused-ring (bicyclic) bond motifs is 1. The second-order valence-corrected chi connectivity index (χ2v) is 7.28. The summed E-state index contributed by atoms with van der Waals surface area (Å²) in [6, 6.07) is 9.61. The van der Waals surface area contributed by atoms with Crippen LogP contribution < -0.4 is 15.2 Å². The number of carbonyl (C=O) groups excluding carboxylic acids is 3. The summed E-state index contributed by atoms with van der Waals surface area (Å²) in [5, 5.41) is 0. The fourth-order valence-electron chi connectivity index (χ4n) is 4.09. The van der Waals surface area contributed by atoms with Gasteiger partial charge in [0.25, 0.3) is 0 Å². The number of nitrogens with two attached hydrogens (primary N) is 1. The number of carbonyl (C=O) groups is 3. The number of aldehydes is 1. The van der Waals surface area contributed by atoms with E-state index in [-0.39, 0.29) is 12.2 Å². The van der Waals surface area contributed by atoms with Crippen LogP contribution in [0.15, 0.2) is 36.4 Å². The molecule has 2 aromatic carbocycles. The van der Waals surface area contributed by atoms with E-state index in [2.05, 4.69) is 0 Å². The lowest BCUT2D eigenvalue weighted by atomic mass is 9.95. The Morgan fingerprint density at radius 1 is 1.27 bits per heavy atom. The second kappa shape index (κ2) is 9.09. The third kappa shape index (κ3) is 4.07. The van der Waals surface area contributed by atoms with Crippen molar-refractivity contribution in [2.75, 3.05) is 19.5 Å². The van der Waals surface area contributed by atoms with Gasteiger partial charge in [-0.15, -0.1) is 0 Å². The molecule has 158 valence electrons. The first-order chi connectivity index (χ1) is 14.4. The Bertz CT molecular complexity index is 972. The largest absolute Gasteiger partial charge is 0.493 e. The van der Waals surface area contributed by atoms with E-state index in [0.717, 1.165) is 11.1 Å². The summed E-state index contributed by atoms with van der Waals surface area (Å²) >= 11 is 0. The summed E-state index contributed by atoms with van der Waals surface area (Å²) in [5.41, 5.74) is 8.93. The normalized spacial score (nSPS) is 16.6. The van der Waals surface area contributed by atoms with Gasteiger partial charge in [0.05, 0.1) is 13.7 Å². The molecule has 1 aliphatic rings. The predicted octanol–water partition coefficient (Wildman–Crippen LogP) is 3.02. The van der Waals surface area contributed by atoms with Crippen molar-refractivity contribution in [3.8, 4) is 11.5 Å². The van der Waals surface area contributed by atoms with Gasteiger partial charge in [0.1, 0.15) is 11.8 Å². The molecule has 0 amide bonds. The summed E-state index contributed by atoms with van der Waals surface area (Å²) in [5.74, 6) is 0.519. The number of ketones is 2. The van der Waals surface area contributed by atoms with Gasteiger partial charge in [0, 0.05) is 30.3 Å². The van der Waals surface area contributed by atoms with E-state index in [1.54, 1.807) is 19.2 Å². The Kier molecular flexibility index (Phi) is 6.52. The lowest BCUT2D eigenvalue weighted by Crippen LogP contribution is -2.34. The molecule has 0 aromatic heterocycles. The van der Waals surface area contributed by atoms with Crippen molar-refractivity contribution in [1.82, 2.24) is 4.90 Å². The summed E-state index contributed by atoms with van der Waals surface area (Å²) in [4.78, 5) is 38.1. The topological polar surface area (TPSA) is 98.9 Å². The van der Waals surface area contributed by atoms with Gasteiger partial charge in [0.2, 0.25) is 5.78 Å². The van der Waals surface area contributed by atoms with Crippen LogP contribution in [0.1, 0.15) is 49.0 Å². The fraction of sp³-hybridized carbons (Fsp3) is 0.348. The number of hydrogen-bond acceptors (Lipinski definition) is 7. The molecular weight excluding hydrogens is 384 g/mol. The molecular formula is C23H26N2O5. The quantitative estimate of drug-likeness (QED) is 0.385. The van der Waals surface area contributed by atoms with E-state index in [9.17, 15) is 14.4 Å². The first-order valence-corrected chi connectivity index (χ1v) is 9.83. The zero-order valence-corrected chi connectivity index (χ0v) is 17.4. The van der Waals surface area contributed by atoms with E-state index in [4.69, 9.17) is 15.2 Å². The molecule has 0 saturated heterocycles. The third-order valence-corrected chi connectivity index (χ3v) is 5.33. The maximum atomic E-state index is 12.6. The molecule has 2 unspecified atom stereocenters. The monoisotopic (exact) mass is 410 g/mol. The molecule has 0 saturated carbocycles. The van der Waals surface area contributed by atoms with Crippen LogP contribution in [0.25, 0.3) is 0 Å². The number of nitrogens with zero attached hydrogens (tertiary/aromatic N) is 1. The van der Waals surface area contributed by atoms with Gasteiger partial charge in [-0.25, -0.2) is 0 Å². The number of ether oxygens (including phenoxy) is 2. The van der Waals surface area contributed by atoms with Crippen molar-refractivity contribution in [3.05, 3.63) is 53.1 Å². The van der Waals surface area contributed by atoms with Crippen LogP contribution in [0.5, 0.6) is 11.5 Å². The van der Waals surface area contributed by atoms with E-state index < -0.39 is 17.9 Å². The summed E-state index contributed by atoms with van der Waals surface area (Å²) in [6.07, 6.45) is 0.498. The van der Waals surface area contributed by atoms with Gasteiger partial charge in [0.15, 0.2) is 17.8 Å². The van der Waals surface area contributed by atoms with Gasteiger partial charge < -0.3 is 15.2 Å². The highest BCUT2D eigenvalue weighted by atomic mass is 16.5. The lowest BCUT2D eigenvalue weighted by molar-refractivity contribution is -0.134. The Labute approximate surface area is 175 Å². The predicted molar refractivity (Wildman–Crippen MR) is 112 cm³/mol. The summed E-state index contributed by atoms with van der Waals surface area (Å²) in [6.45, 7) is 4.24. The molecule has 0 aliphatic carbocycles. The average molecular weight is 410 g/mol. The third-order valence-electron chi connectivity index (χ3n) is 5.33. The highest BCUT2D eigenvalue weighted by molar-refractivity contribution is 6.28. The van der Waals surface area contributed by atoms with Crippen molar-refractivity contribution in [3.63, 3.8) is 0 Å². The van der Waals surface area contributed by atoms with E-state index in [1.165, 1.54) is 6.92 Å². The molecule has 30 heavy (non-hydrogen) atoms. The molecule has 2 aromatic rings. The van der Waals surface area contributed by atoms with Crippen molar-refractivity contribution in [2.45, 2.75) is 38.9 Å². The number of methoxy groups -OCH3 is 1. The molecule has 0 bridgehead atoms. The highest BCUT2D eigenvalue weighted by Crippen LogP contribution is 2.45. The molecule has 1 aliphatic heterocycles. The standard InChI is InChI=1S/C23H26N2O5/c1-4-30-21-11-15(8-9-20(21)29-3)18(10-14(2)27)25-12-16-6-5-7-17(24)22(16)23(25)19(28)13-26/h5-9,11,13,18,23H,4,10,12,24H2,1-3H3. The minimum atomic E-state index is -0.833. The van der Waals surface area contributed by atoms with Gasteiger partial charge in [-0.1, -0.05) is 18.2 Å². The molecule has 0 radical (unpaired) electrons. The molecule has 2 atom stereocenters. The Hall–Kier alpha value is -3.19. The molecule has 0 spiro atoms. The number of anilines is 1. The highest BCUT2D eigenvalue weighted by Gasteiger charge is 2.41. The van der Waals surface area contributed by atoms with Crippen LogP contribution in [0.4, 0.5) is 5.69 Å². The summed E-state index contributed by atoms with van der Waals surface area (Å²) < 4.78 is 11.1. The first-order valence-electron chi connectivity index (χ1n) is 9.83. The van der Waals surface area contributed by atoms with Gasteiger partial charge >= 0.3 is 0 Å².